The Balaban J connectivity index is 2.26. The molecule has 7 nitrogen and oxygen atoms in total. The monoisotopic (exact) mass is 342 g/mol. The molecule has 0 radical (unpaired) electrons. The summed E-state index contributed by atoms with van der Waals surface area (Å²) in [4.78, 5) is 27.5. The predicted octanol–water partition coefficient (Wildman–Crippen LogP) is 2.38. The van der Waals surface area contributed by atoms with Crippen LogP contribution in [0.4, 0.5) is 4.79 Å². The number of aromatic nitrogens is 2. The van der Waals surface area contributed by atoms with Gasteiger partial charge in [-0.2, -0.15) is 5.10 Å². The molecule has 0 fully saturated rings. The molecule has 2 amide bonds. The molecule has 0 aliphatic carbocycles. The third-order valence-electron chi connectivity index (χ3n) is 3.39. The SMILES string of the molecule is CN(C)C(=O)c1nn2c(c1Cl)CN(C(=O)OC(C)(C)C)CCC2. The first-order chi connectivity index (χ1) is 10.6. The molecule has 0 aromatic carbocycles. The summed E-state index contributed by atoms with van der Waals surface area (Å²) in [5, 5.41) is 4.62. The lowest BCUT2D eigenvalue weighted by molar-refractivity contribution is 0.0236. The van der Waals surface area contributed by atoms with Crippen molar-refractivity contribution in [1.82, 2.24) is 19.6 Å². The summed E-state index contributed by atoms with van der Waals surface area (Å²) >= 11 is 6.35. The van der Waals surface area contributed by atoms with Crippen LogP contribution in [0.3, 0.4) is 0 Å². The van der Waals surface area contributed by atoms with Gasteiger partial charge in [0, 0.05) is 27.2 Å². The molecule has 0 bridgehead atoms. The molecule has 1 aromatic rings. The highest BCUT2D eigenvalue weighted by Crippen LogP contribution is 2.26. The largest absolute Gasteiger partial charge is 0.444 e. The van der Waals surface area contributed by atoms with Crippen LogP contribution < -0.4 is 0 Å². The maximum Gasteiger partial charge on any atom is 0.410 e. The van der Waals surface area contributed by atoms with Gasteiger partial charge in [-0.25, -0.2) is 4.79 Å². The maximum absolute atomic E-state index is 12.3. The van der Waals surface area contributed by atoms with Gasteiger partial charge in [-0.15, -0.1) is 0 Å². The van der Waals surface area contributed by atoms with Crippen molar-refractivity contribution in [2.24, 2.45) is 0 Å². The summed E-state index contributed by atoms with van der Waals surface area (Å²) in [6.45, 7) is 6.93. The molecule has 1 aliphatic rings. The molecule has 0 saturated carbocycles. The highest BCUT2D eigenvalue weighted by molar-refractivity contribution is 6.34. The summed E-state index contributed by atoms with van der Waals surface area (Å²) < 4.78 is 7.13. The minimum atomic E-state index is -0.556. The summed E-state index contributed by atoms with van der Waals surface area (Å²) in [7, 11) is 3.30. The van der Waals surface area contributed by atoms with Gasteiger partial charge >= 0.3 is 6.09 Å². The Kier molecular flexibility index (Phi) is 4.89. The molecule has 1 aliphatic heterocycles. The van der Waals surface area contributed by atoms with Crippen molar-refractivity contribution in [2.45, 2.75) is 45.9 Å². The number of fused-ring (bicyclic) bond motifs is 1. The molecule has 0 saturated heterocycles. The summed E-state index contributed by atoms with van der Waals surface area (Å²) in [6, 6.07) is 0. The van der Waals surface area contributed by atoms with E-state index in [-0.39, 0.29) is 24.2 Å². The van der Waals surface area contributed by atoms with Crippen molar-refractivity contribution in [2.75, 3.05) is 20.6 Å². The first-order valence-corrected chi connectivity index (χ1v) is 7.92. The van der Waals surface area contributed by atoms with E-state index in [0.717, 1.165) is 6.42 Å². The number of rotatable bonds is 1. The fourth-order valence-corrected chi connectivity index (χ4v) is 2.59. The second-order valence-electron chi connectivity index (χ2n) is 6.79. The Hall–Kier alpha value is -1.76. The molecular formula is C15H23ClN4O3. The molecular weight excluding hydrogens is 320 g/mol. The van der Waals surface area contributed by atoms with E-state index in [4.69, 9.17) is 16.3 Å². The highest BCUT2D eigenvalue weighted by Gasteiger charge is 2.29. The third kappa shape index (κ3) is 3.96. The van der Waals surface area contributed by atoms with Crippen molar-refractivity contribution in [1.29, 1.82) is 0 Å². The number of carbonyl (C=O) groups is 2. The molecule has 128 valence electrons. The van der Waals surface area contributed by atoms with Gasteiger partial charge in [-0.1, -0.05) is 11.6 Å². The molecule has 2 heterocycles. The van der Waals surface area contributed by atoms with Gasteiger partial charge in [-0.05, 0) is 27.2 Å². The normalized spacial score (nSPS) is 15.0. The Bertz CT molecular complexity index is 619. The average molecular weight is 343 g/mol. The van der Waals surface area contributed by atoms with Crippen LogP contribution in [-0.2, 0) is 17.8 Å². The minimum Gasteiger partial charge on any atom is -0.444 e. The van der Waals surface area contributed by atoms with E-state index in [0.29, 0.717) is 23.8 Å². The van der Waals surface area contributed by atoms with Gasteiger partial charge in [0.05, 0.1) is 17.3 Å². The van der Waals surface area contributed by atoms with Crippen molar-refractivity contribution in [3.63, 3.8) is 0 Å². The molecule has 0 unspecified atom stereocenters. The summed E-state index contributed by atoms with van der Waals surface area (Å²) in [5.41, 5.74) is 0.331. The van der Waals surface area contributed by atoms with Gasteiger partial charge in [0.2, 0.25) is 0 Å². The fraction of sp³-hybridized carbons (Fsp3) is 0.667. The lowest BCUT2D eigenvalue weighted by Gasteiger charge is -2.26. The molecule has 0 atom stereocenters. The van der Waals surface area contributed by atoms with Crippen LogP contribution in [0.5, 0.6) is 0 Å². The van der Waals surface area contributed by atoms with Gasteiger partial charge < -0.3 is 14.5 Å². The Morgan fingerprint density at radius 2 is 1.91 bits per heavy atom. The second kappa shape index (κ2) is 6.39. The molecule has 0 N–H and O–H groups in total. The van der Waals surface area contributed by atoms with Crippen LogP contribution in [0.1, 0.15) is 43.4 Å². The van der Waals surface area contributed by atoms with E-state index in [9.17, 15) is 9.59 Å². The number of amides is 2. The van der Waals surface area contributed by atoms with E-state index < -0.39 is 5.60 Å². The highest BCUT2D eigenvalue weighted by atomic mass is 35.5. The standard InChI is InChI=1S/C15H23ClN4O3/c1-15(2,3)23-14(22)19-7-6-8-20-10(9-19)11(16)12(17-20)13(21)18(4)5/h6-9H2,1-5H3. The van der Waals surface area contributed by atoms with Crippen LogP contribution in [0.25, 0.3) is 0 Å². The van der Waals surface area contributed by atoms with Crippen molar-refractivity contribution in [3.05, 3.63) is 16.4 Å². The molecule has 1 aromatic heterocycles. The molecule has 2 rings (SSSR count). The van der Waals surface area contributed by atoms with Crippen LogP contribution in [-0.4, -0.2) is 57.8 Å². The minimum absolute atomic E-state index is 0.220. The number of hydrogen-bond acceptors (Lipinski definition) is 4. The van der Waals surface area contributed by atoms with Crippen LogP contribution >= 0.6 is 11.6 Å². The van der Waals surface area contributed by atoms with Gasteiger partial charge in [0.15, 0.2) is 5.69 Å². The zero-order valence-electron chi connectivity index (χ0n) is 14.2. The van der Waals surface area contributed by atoms with Crippen LogP contribution in [0.2, 0.25) is 5.02 Å². The lowest BCUT2D eigenvalue weighted by Crippen LogP contribution is -2.36. The van der Waals surface area contributed by atoms with Gasteiger partial charge in [-0.3, -0.25) is 9.48 Å². The number of hydrogen-bond donors (Lipinski definition) is 0. The Morgan fingerprint density at radius 1 is 1.26 bits per heavy atom. The number of nitrogens with zero attached hydrogens (tertiary/aromatic N) is 4. The van der Waals surface area contributed by atoms with E-state index in [1.807, 2.05) is 20.8 Å². The smallest absolute Gasteiger partial charge is 0.410 e. The van der Waals surface area contributed by atoms with Crippen LogP contribution in [0.15, 0.2) is 0 Å². The maximum atomic E-state index is 12.3. The lowest BCUT2D eigenvalue weighted by atomic mass is 10.2. The van der Waals surface area contributed by atoms with E-state index >= 15 is 0 Å². The van der Waals surface area contributed by atoms with Gasteiger partial charge in [0.1, 0.15) is 5.60 Å². The van der Waals surface area contributed by atoms with Crippen LogP contribution in [0, 0.1) is 0 Å². The van der Waals surface area contributed by atoms with Crippen molar-refractivity contribution in [3.8, 4) is 0 Å². The van der Waals surface area contributed by atoms with E-state index in [1.165, 1.54) is 4.90 Å². The summed E-state index contributed by atoms with van der Waals surface area (Å²) in [6.07, 6.45) is 0.337. The summed E-state index contributed by atoms with van der Waals surface area (Å²) in [5.74, 6) is -0.251. The zero-order chi connectivity index (χ0) is 17.4. The number of carbonyl (C=O) groups excluding carboxylic acids is 2. The zero-order valence-corrected chi connectivity index (χ0v) is 15.0. The van der Waals surface area contributed by atoms with Gasteiger partial charge in [0.25, 0.3) is 5.91 Å². The molecule has 8 heteroatoms. The molecule has 0 spiro atoms. The average Bonchev–Trinajstić information content (AvgIpc) is 2.61. The van der Waals surface area contributed by atoms with Crippen molar-refractivity contribution >= 4 is 23.6 Å². The Labute approximate surface area is 141 Å². The quantitative estimate of drug-likeness (QED) is 0.785. The topological polar surface area (TPSA) is 67.7 Å². The third-order valence-corrected chi connectivity index (χ3v) is 3.79. The van der Waals surface area contributed by atoms with E-state index in [2.05, 4.69) is 5.10 Å². The predicted molar refractivity (Wildman–Crippen MR) is 86.5 cm³/mol. The number of halogens is 1. The first-order valence-electron chi connectivity index (χ1n) is 7.55. The second-order valence-corrected chi connectivity index (χ2v) is 7.17. The molecule has 23 heavy (non-hydrogen) atoms. The first kappa shape index (κ1) is 17.6. The number of ether oxygens (including phenoxy) is 1. The fourth-order valence-electron chi connectivity index (χ4n) is 2.31. The number of aryl methyl sites for hydroxylation is 1. The Morgan fingerprint density at radius 3 is 2.48 bits per heavy atom. The van der Waals surface area contributed by atoms with Crippen molar-refractivity contribution < 1.29 is 14.3 Å². The van der Waals surface area contributed by atoms with E-state index in [1.54, 1.807) is 23.7 Å².